The molecule has 25 heavy (non-hydrogen) atoms. The van der Waals surface area contributed by atoms with Crippen molar-refractivity contribution in [1.82, 2.24) is 0 Å². The quantitative estimate of drug-likeness (QED) is 0.724. The van der Waals surface area contributed by atoms with Crippen molar-refractivity contribution in [2.75, 3.05) is 0 Å². The summed E-state index contributed by atoms with van der Waals surface area (Å²) < 4.78 is 22.7. The molecule has 6 heteroatoms. The van der Waals surface area contributed by atoms with Gasteiger partial charge in [0.1, 0.15) is 11.5 Å². The minimum atomic E-state index is -4.34. The molecule has 5 nitrogen and oxygen atoms in total. The van der Waals surface area contributed by atoms with Crippen molar-refractivity contribution >= 4 is 13.6 Å². The first-order valence-corrected chi connectivity index (χ1v) is 9.94. The van der Waals surface area contributed by atoms with Crippen LogP contribution in [0.4, 0.5) is 0 Å². The zero-order chi connectivity index (χ0) is 17.9. The number of benzene rings is 2. The SMILES string of the molecule is CCCCc1ccc(OP(=O)(O)Oc2cccc3c2CCC3=O)cc1. The normalized spacial score (nSPS) is 15.5. The summed E-state index contributed by atoms with van der Waals surface area (Å²) in [6.45, 7) is 2.13. The molecule has 1 unspecified atom stereocenters. The minimum Gasteiger partial charge on any atom is -0.395 e. The van der Waals surface area contributed by atoms with Crippen LogP contribution in [0, 0.1) is 0 Å². The zero-order valence-corrected chi connectivity index (χ0v) is 15.0. The smallest absolute Gasteiger partial charge is 0.395 e. The molecule has 0 heterocycles. The molecule has 0 amide bonds. The van der Waals surface area contributed by atoms with Crippen LogP contribution in [0.3, 0.4) is 0 Å². The van der Waals surface area contributed by atoms with E-state index in [-0.39, 0.29) is 17.3 Å². The van der Waals surface area contributed by atoms with E-state index in [1.807, 2.05) is 12.1 Å². The summed E-state index contributed by atoms with van der Waals surface area (Å²) in [5.41, 5.74) is 2.38. The molecule has 1 aliphatic carbocycles. The van der Waals surface area contributed by atoms with E-state index in [0.717, 1.165) is 24.8 Å². The predicted octanol–water partition coefficient (Wildman–Crippen LogP) is 4.72. The monoisotopic (exact) mass is 360 g/mol. The van der Waals surface area contributed by atoms with E-state index in [1.54, 1.807) is 30.3 Å². The van der Waals surface area contributed by atoms with Gasteiger partial charge in [-0.05, 0) is 43.0 Å². The van der Waals surface area contributed by atoms with E-state index in [2.05, 4.69) is 6.92 Å². The molecule has 1 N–H and O–H groups in total. The second-order valence-electron chi connectivity index (χ2n) is 6.10. The molecule has 1 atom stereocenters. The van der Waals surface area contributed by atoms with E-state index >= 15 is 0 Å². The van der Waals surface area contributed by atoms with Crippen LogP contribution in [0.25, 0.3) is 0 Å². The maximum absolute atomic E-state index is 12.3. The molecule has 0 aliphatic heterocycles. The molecular formula is C19H21O5P. The van der Waals surface area contributed by atoms with Crippen LogP contribution in [0.2, 0.25) is 0 Å². The maximum Gasteiger partial charge on any atom is 0.584 e. The summed E-state index contributed by atoms with van der Waals surface area (Å²) in [6, 6.07) is 12.0. The van der Waals surface area contributed by atoms with Crippen molar-refractivity contribution < 1.29 is 23.3 Å². The number of rotatable bonds is 7. The molecule has 0 bridgehead atoms. The van der Waals surface area contributed by atoms with Crippen molar-refractivity contribution in [1.29, 1.82) is 0 Å². The second kappa shape index (κ2) is 7.42. The summed E-state index contributed by atoms with van der Waals surface area (Å²) in [6.07, 6.45) is 4.08. The molecular weight excluding hydrogens is 339 g/mol. The van der Waals surface area contributed by atoms with Gasteiger partial charge in [0.2, 0.25) is 0 Å². The zero-order valence-electron chi connectivity index (χ0n) is 14.1. The molecule has 3 rings (SSSR count). The van der Waals surface area contributed by atoms with Gasteiger partial charge in [-0.25, -0.2) is 4.57 Å². The van der Waals surface area contributed by atoms with Crippen LogP contribution < -0.4 is 9.05 Å². The fraction of sp³-hybridized carbons (Fsp3) is 0.316. The number of fused-ring (bicyclic) bond motifs is 1. The highest BCUT2D eigenvalue weighted by Crippen LogP contribution is 2.46. The number of phosphoric acid groups is 1. The Morgan fingerprint density at radius 3 is 2.56 bits per heavy atom. The number of hydrogen-bond donors (Lipinski definition) is 1. The maximum atomic E-state index is 12.3. The molecule has 2 aromatic rings. The molecule has 132 valence electrons. The summed E-state index contributed by atoms with van der Waals surface area (Å²) in [7, 11) is -4.34. The topological polar surface area (TPSA) is 72.8 Å². The Morgan fingerprint density at radius 2 is 1.84 bits per heavy atom. The fourth-order valence-corrected chi connectivity index (χ4v) is 3.76. The van der Waals surface area contributed by atoms with Gasteiger partial charge in [-0.2, -0.15) is 0 Å². The molecule has 1 aliphatic rings. The Morgan fingerprint density at radius 1 is 1.08 bits per heavy atom. The lowest BCUT2D eigenvalue weighted by atomic mass is 10.1. The van der Waals surface area contributed by atoms with Crippen molar-refractivity contribution in [2.45, 2.75) is 39.0 Å². The van der Waals surface area contributed by atoms with E-state index in [0.29, 0.717) is 24.0 Å². The van der Waals surface area contributed by atoms with E-state index in [9.17, 15) is 14.3 Å². The van der Waals surface area contributed by atoms with Crippen LogP contribution in [0.5, 0.6) is 11.5 Å². The lowest BCUT2D eigenvalue weighted by Gasteiger charge is -2.16. The third kappa shape index (κ3) is 4.30. The van der Waals surface area contributed by atoms with Gasteiger partial charge in [-0.3, -0.25) is 9.69 Å². The summed E-state index contributed by atoms with van der Waals surface area (Å²) in [5.74, 6) is 0.528. The average Bonchev–Trinajstić information content (AvgIpc) is 2.96. The van der Waals surface area contributed by atoms with Crippen LogP contribution in [0.15, 0.2) is 42.5 Å². The predicted molar refractivity (Wildman–Crippen MR) is 95.2 cm³/mol. The van der Waals surface area contributed by atoms with E-state index in [1.165, 1.54) is 0 Å². The lowest BCUT2D eigenvalue weighted by molar-refractivity contribution is 0.0994. The molecule has 0 aromatic heterocycles. The highest BCUT2D eigenvalue weighted by molar-refractivity contribution is 7.48. The van der Waals surface area contributed by atoms with E-state index < -0.39 is 7.82 Å². The first-order valence-electron chi connectivity index (χ1n) is 8.44. The molecule has 0 fully saturated rings. The van der Waals surface area contributed by atoms with Crippen LogP contribution >= 0.6 is 7.82 Å². The van der Waals surface area contributed by atoms with Crippen LogP contribution in [0.1, 0.15) is 47.7 Å². The number of phosphoric ester groups is 1. The summed E-state index contributed by atoms with van der Waals surface area (Å²) in [4.78, 5) is 21.8. The summed E-state index contributed by atoms with van der Waals surface area (Å²) in [5, 5.41) is 0. The first kappa shape index (κ1) is 17.7. The van der Waals surface area contributed by atoms with Gasteiger partial charge in [0.15, 0.2) is 5.78 Å². The Hall–Kier alpha value is -2.10. The van der Waals surface area contributed by atoms with E-state index in [4.69, 9.17) is 9.05 Å². The van der Waals surface area contributed by atoms with Gasteiger partial charge in [-0.1, -0.05) is 37.6 Å². The van der Waals surface area contributed by atoms with Gasteiger partial charge in [-0.15, -0.1) is 0 Å². The summed E-state index contributed by atoms with van der Waals surface area (Å²) >= 11 is 0. The number of aryl methyl sites for hydroxylation is 1. The molecule has 0 radical (unpaired) electrons. The first-order chi connectivity index (χ1) is 12.0. The molecule has 0 spiro atoms. The van der Waals surface area contributed by atoms with Crippen molar-refractivity contribution in [3.8, 4) is 11.5 Å². The second-order valence-corrected chi connectivity index (χ2v) is 7.41. The third-order valence-electron chi connectivity index (χ3n) is 4.21. The molecule has 0 saturated heterocycles. The van der Waals surface area contributed by atoms with Gasteiger partial charge < -0.3 is 9.05 Å². The minimum absolute atomic E-state index is 0.0248. The third-order valence-corrected chi connectivity index (χ3v) is 5.08. The van der Waals surface area contributed by atoms with Gasteiger partial charge in [0, 0.05) is 17.5 Å². The number of hydrogen-bond acceptors (Lipinski definition) is 4. The average molecular weight is 360 g/mol. The fourth-order valence-electron chi connectivity index (χ4n) is 2.92. The van der Waals surface area contributed by atoms with Gasteiger partial charge in [0.25, 0.3) is 0 Å². The van der Waals surface area contributed by atoms with Crippen molar-refractivity contribution in [2.24, 2.45) is 0 Å². The highest BCUT2D eigenvalue weighted by Gasteiger charge is 2.29. The van der Waals surface area contributed by atoms with Gasteiger partial charge >= 0.3 is 7.82 Å². The molecule has 2 aromatic carbocycles. The Balaban J connectivity index is 1.71. The van der Waals surface area contributed by atoms with Crippen LogP contribution in [-0.2, 0) is 17.4 Å². The number of ketones is 1. The number of unbranched alkanes of at least 4 members (excludes halogenated alkanes) is 1. The Bertz CT molecular complexity index is 813. The van der Waals surface area contributed by atoms with Crippen LogP contribution in [-0.4, -0.2) is 10.7 Å². The number of carbonyl (C=O) groups is 1. The number of carbonyl (C=O) groups excluding carboxylic acids is 1. The molecule has 0 saturated carbocycles. The van der Waals surface area contributed by atoms with Crippen molar-refractivity contribution in [3.63, 3.8) is 0 Å². The standard InChI is InChI=1S/C19H21O5P/c1-2-3-5-14-8-10-15(11-9-14)23-25(21,22)24-19-7-4-6-16-17(19)12-13-18(16)20/h4,6-11H,2-3,5,12-13H2,1H3,(H,21,22). The Kier molecular flexibility index (Phi) is 5.26. The van der Waals surface area contributed by atoms with Crippen molar-refractivity contribution in [3.05, 3.63) is 59.2 Å². The highest BCUT2D eigenvalue weighted by atomic mass is 31.2. The van der Waals surface area contributed by atoms with Gasteiger partial charge in [0.05, 0.1) is 0 Å². The lowest BCUT2D eigenvalue weighted by Crippen LogP contribution is -2.02. The largest absolute Gasteiger partial charge is 0.584 e. The Labute approximate surface area is 147 Å². The number of Topliss-reactive ketones (excluding diaryl/α,β-unsaturated/α-hetero) is 1.